The number of rotatable bonds is 13. The first-order valence-corrected chi connectivity index (χ1v) is 11.8. The number of aryl methyl sites for hydroxylation is 2. The lowest BCUT2D eigenvalue weighted by Gasteiger charge is -2.10. The molecule has 6 nitrogen and oxygen atoms in total. The summed E-state index contributed by atoms with van der Waals surface area (Å²) in [5.74, 6) is 0.885. The summed E-state index contributed by atoms with van der Waals surface area (Å²) in [6.45, 7) is 6.14. The summed E-state index contributed by atoms with van der Waals surface area (Å²) in [6, 6.07) is 12.3. The van der Waals surface area contributed by atoms with Crippen molar-refractivity contribution in [2.45, 2.75) is 46.1 Å². The first kappa shape index (κ1) is 24.3. The predicted molar refractivity (Wildman–Crippen MR) is 128 cm³/mol. The summed E-state index contributed by atoms with van der Waals surface area (Å²) in [5, 5.41) is 10.7. The molecule has 0 aliphatic carbocycles. The molecule has 2 aromatic carbocycles. The molecule has 1 heterocycles. The van der Waals surface area contributed by atoms with Crippen LogP contribution in [0.3, 0.4) is 0 Å². The molecule has 3 rings (SSSR count). The van der Waals surface area contributed by atoms with E-state index in [4.69, 9.17) is 19.2 Å². The van der Waals surface area contributed by atoms with Crippen LogP contribution >= 0.6 is 11.3 Å². The maximum Gasteiger partial charge on any atom is 0.148 e. The van der Waals surface area contributed by atoms with Crippen LogP contribution in [0.25, 0.3) is 21.1 Å². The summed E-state index contributed by atoms with van der Waals surface area (Å²) in [4.78, 5) is 9.81. The number of methoxy groups -OCH3 is 1. The molecule has 32 heavy (non-hydrogen) atoms. The second kappa shape index (κ2) is 12.6. The summed E-state index contributed by atoms with van der Waals surface area (Å²) >= 11 is 1.59. The van der Waals surface area contributed by atoms with Gasteiger partial charge in [-0.05, 0) is 80.1 Å². The van der Waals surface area contributed by atoms with Crippen molar-refractivity contribution in [3.05, 3.63) is 53.1 Å². The summed E-state index contributed by atoms with van der Waals surface area (Å²) in [5.41, 5.74) is 5.51. The normalized spacial score (nSPS) is 11.1. The minimum Gasteiger partial charge on any atom is -0.494 e. The highest BCUT2D eigenvalue weighted by Gasteiger charge is 2.13. The Morgan fingerprint density at radius 3 is 2.25 bits per heavy atom. The highest BCUT2D eigenvalue weighted by molar-refractivity contribution is 7.17. The predicted octanol–water partition coefficient (Wildman–Crippen LogP) is 6.15. The molecule has 0 radical (unpaired) electrons. The Hall–Kier alpha value is -2.32. The quantitative estimate of drug-likeness (QED) is 0.175. The van der Waals surface area contributed by atoms with Crippen LogP contribution in [-0.2, 0) is 21.1 Å². The smallest absolute Gasteiger partial charge is 0.148 e. The van der Waals surface area contributed by atoms with E-state index in [9.17, 15) is 0 Å². The molecule has 0 saturated carbocycles. The number of ether oxygens (including phenoxy) is 2. The van der Waals surface area contributed by atoms with E-state index in [0.717, 1.165) is 76.1 Å². The fraction of sp³-hybridized carbons (Fsp3) is 0.440. The fourth-order valence-electron chi connectivity index (χ4n) is 3.42. The van der Waals surface area contributed by atoms with Crippen molar-refractivity contribution in [1.82, 2.24) is 10.2 Å². The van der Waals surface area contributed by atoms with Crippen LogP contribution in [0, 0.1) is 13.8 Å². The van der Waals surface area contributed by atoms with Crippen LogP contribution in [0.2, 0.25) is 0 Å². The van der Waals surface area contributed by atoms with Crippen molar-refractivity contribution < 1.29 is 19.2 Å². The van der Waals surface area contributed by atoms with Gasteiger partial charge < -0.3 is 9.47 Å². The molecule has 0 amide bonds. The van der Waals surface area contributed by atoms with Gasteiger partial charge in [0.25, 0.3) is 0 Å². The first-order chi connectivity index (χ1) is 15.6. The van der Waals surface area contributed by atoms with Gasteiger partial charge in [-0.3, -0.25) is 0 Å². The molecule has 7 heteroatoms. The van der Waals surface area contributed by atoms with E-state index in [1.54, 1.807) is 18.4 Å². The first-order valence-electron chi connectivity index (χ1n) is 10.9. The molecule has 0 saturated heterocycles. The SMILES string of the molecule is COCCCCCCOc1ccc(-c2nnc(-c3cc(C)c(COOC)cc3C)s2)cc1. The molecule has 1 aromatic heterocycles. The van der Waals surface area contributed by atoms with Gasteiger partial charge in [0.1, 0.15) is 22.4 Å². The number of aromatic nitrogens is 2. The van der Waals surface area contributed by atoms with Crippen molar-refractivity contribution in [2.75, 3.05) is 27.4 Å². The highest BCUT2D eigenvalue weighted by atomic mass is 32.1. The topological polar surface area (TPSA) is 62.7 Å². The molecule has 0 bridgehead atoms. The van der Waals surface area contributed by atoms with E-state index in [-0.39, 0.29) is 0 Å². The van der Waals surface area contributed by atoms with Crippen molar-refractivity contribution in [3.8, 4) is 26.9 Å². The zero-order valence-electron chi connectivity index (χ0n) is 19.3. The number of nitrogens with zero attached hydrogens (tertiary/aromatic N) is 2. The molecule has 172 valence electrons. The Morgan fingerprint density at radius 1 is 0.812 bits per heavy atom. The number of benzene rings is 2. The fourth-order valence-corrected chi connectivity index (χ4v) is 4.35. The number of hydrogen-bond acceptors (Lipinski definition) is 7. The van der Waals surface area contributed by atoms with Gasteiger partial charge in [-0.25, -0.2) is 9.78 Å². The summed E-state index contributed by atoms with van der Waals surface area (Å²) in [6.07, 6.45) is 4.51. The zero-order valence-corrected chi connectivity index (χ0v) is 20.2. The average molecular weight is 457 g/mol. The standard InChI is InChI=1S/C25H32N2O4S/c1-18-16-23(19(2)15-21(18)17-31-29-4)25-27-26-24(32-25)20-9-11-22(12-10-20)30-14-8-6-5-7-13-28-3/h9-12,15-16H,5-8,13-14,17H2,1-4H3. The molecular weight excluding hydrogens is 424 g/mol. The Bertz CT molecular complexity index is 973. The lowest BCUT2D eigenvalue weighted by Crippen LogP contribution is -1.97. The van der Waals surface area contributed by atoms with Gasteiger partial charge in [-0.2, -0.15) is 0 Å². The molecule has 0 N–H and O–H groups in total. The second-order valence-electron chi connectivity index (χ2n) is 7.71. The maximum atomic E-state index is 5.86. The Balaban J connectivity index is 1.59. The number of unbranched alkanes of at least 4 members (excludes halogenated alkanes) is 3. The van der Waals surface area contributed by atoms with Gasteiger partial charge in [-0.15, -0.1) is 10.2 Å². The molecule has 0 unspecified atom stereocenters. The molecule has 0 aliphatic rings. The van der Waals surface area contributed by atoms with Gasteiger partial charge in [0, 0.05) is 24.8 Å². The minimum absolute atomic E-state index is 0.424. The third kappa shape index (κ3) is 6.84. The van der Waals surface area contributed by atoms with Crippen molar-refractivity contribution in [1.29, 1.82) is 0 Å². The van der Waals surface area contributed by atoms with E-state index in [1.165, 1.54) is 13.5 Å². The van der Waals surface area contributed by atoms with E-state index in [1.807, 2.05) is 24.3 Å². The maximum absolute atomic E-state index is 5.86. The van der Waals surface area contributed by atoms with Crippen LogP contribution in [0.5, 0.6) is 5.75 Å². The largest absolute Gasteiger partial charge is 0.494 e. The molecule has 0 atom stereocenters. The van der Waals surface area contributed by atoms with E-state index >= 15 is 0 Å². The van der Waals surface area contributed by atoms with Crippen LogP contribution in [-0.4, -0.2) is 37.6 Å². The van der Waals surface area contributed by atoms with Gasteiger partial charge in [0.05, 0.1) is 13.7 Å². The summed E-state index contributed by atoms with van der Waals surface area (Å²) in [7, 11) is 3.26. The number of hydrogen-bond donors (Lipinski definition) is 0. The van der Waals surface area contributed by atoms with E-state index in [2.05, 4.69) is 36.2 Å². The van der Waals surface area contributed by atoms with Gasteiger partial charge >= 0.3 is 0 Å². The van der Waals surface area contributed by atoms with Crippen molar-refractivity contribution in [3.63, 3.8) is 0 Å². The molecule has 0 fully saturated rings. The summed E-state index contributed by atoms with van der Waals surface area (Å²) < 4.78 is 10.9. The van der Waals surface area contributed by atoms with Crippen molar-refractivity contribution >= 4 is 11.3 Å². The molecule has 0 aliphatic heterocycles. The molecule has 0 spiro atoms. The van der Waals surface area contributed by atoms with Crippen LogP contribution < -0.4 is 4.74 Å². The Morgan fingerprint density at radius 2 is 1.53 bits per heavy atom. The zero-order chi connectivity index (χ0) is 22.8. The van der Waals surface area contributed by atoms with Crippen LogP contribution in [0.1, 0.15) is 42.4 Å². The van der Waals surface area contributed by atoms with E-state index in [0.29, 0.717) is 6.61 Å². The van der Waals surface area contributed by atoms with Gasteiger partial charge in [0.15, 0.2) is 0 Å². The Labute approximate surface area is 194 Å². The van der Waals surface area contributed by atoms with Gasteiger partial charge in [0.2, 0.25) is 0 Å². The third-order valence-corrected chi connectivity index (χ3v) is 6.29. The van der Waals surface area contributed by atoms with E-state index < -0.39 is 0 Å². The second-order valence-corrected chi connectivity index (χ2v) is 8.69. The lowest BCUT2D eigenvalue weighted by atomic mass is 10.0. The van der Waals surface area contributed by atoms with Crippen LogP contribution in [0.15, 0.2) is 36.4 Å². The Kier molecular flexibility index (Phi) is 9.62. The average Bonchev–Trinajstić information content (AvgIpc) is 3.29. The van der Waals surface area contributed by atoms with Crippen molar-refractivity contribution in [2.24, 2.45) is 0 Å². The monoisotopic (exact) mass is 456 g/mol. The third-order valence-electron chi connectivity index (χ3n) is 5.28. The minimum atomic E-state index is 0.424. The van der Waals surface area contributed by atoms with Gasteiger partial charge in [-0.1, -0.05) is 23.8 Å². The lowest BCUT2D eigenvalue weighted by molar-refractivity contribution is -0.282. The molecular formula is C25H32N2O4S. The molecule has 3 aromatic rings. The highest BCUT2D eigenvalue weighted by Crippen LogP contribution is 2.33. The van der Waals surface area contributed by atoms with Crippen LogP contribution in [0.4, 0.5) is 0 Å².